The Hall–Kier alpha value is -3.25. The lowest BCUT2D eigenvalue weighted by molar-refractivity contribution is 0.0950. The molecule has 1 amide bonds. The van der Waals surface area contributed by atoms with Crippen LogP contribution >= 0.6 is 11.6 Å². The molecule has 0 saturated heterocycles. The predicted octanol–water partition coefficient (Wildman–Crippen LogP) is 4.18. The highest BCUT2D eigenvalue weighted by atomic mass is 35.5. The Bertz CT molecular complexity index is 975. The normalized spacial score (nSPS) is 12.3. The maximum atomic E-state index is 12.3. The van der Waals surface area contributed by atoms with Gasteiger partial charge >= 0.3 is 0 Å². The molecule has 28 heavy (non-hydrogen) atoms. The monoisotopic (exact) mass is 395 g/mol. The van der Waals surface area contributed by atoms with Gasteiger partial charge in [-0.15, -0.1) is 0 Å². The second kappa shape index (κ2) is 8.19. The molecule has 1 aliphatic rings. The third kappa shape index (κ3) is 4.35. The van der Waals surface area contributed by atoms with E-state index in [1.807, 2.05) is 30.3 Å². The number of amides is 1. The summed E-state index contributed by atoms with van der Waals surface area (Å²) in [5, 5.41) is 6.72. The number of benzene rings is 2. The molecule has 0 unspecified atom stereocenters. The van der Waals surface area contributed by atoms with Crippen LogP contribution < -0.4 is 20.1 Å². The van der Waals surface area contributed by atoms with Crippen molar-refractivity contribution in [2.75, 3.05) is 18.5 Å². The number of hydrogen-bond donors (Lipinski definition) is 2. The summed E-state index contributed by atoms with van der Waals surface area (Å²) in [5.74, 6) is 1.88. The highest BCUT2D eigenvalue weighted by Crippen LogP contribution is 2.33. The van der Waals surface area contributed by atoms with E-state index >= 15 is 0 Å². The topological polar surface area (TPSA) is 72.5 Å². The first-order valence-electron chi connectivity index (χ1n) is 8.83. The molecule has 2 N–H and O–H groups in total. The second-order valence-corrected chi connectivity index (χ2v) is 6.66. The molecule has 4 rings (SSSR count). The van der Waals surface area contributed by atoms with Gasteiger partial charge in [-0.25, -0.2) is 4.98 Å². The van der Waals surface area contributed by atoms with Crippen LogP contribution in [0.2, 0.25) is 5.02 Å². The van der Waals surface area contributed by atoms with Gasteiger partial charge in [0.1, 0.15) is 19.0 Å². The Labute approximate surface area is 167 Å². The zero-order valence-corrected chi connectivity index (χ0v) is 15.7. The Kier molecular flexibility index (Phi) is 5.30. The summed E-state index contributed by atoms with van der Waals surface area (Å²) < 4.78 is 11.1. The SMILES string of the molecule is O=C(NCc1ccc(Cl)cc1)c1ccc(Nc2ccc3c(c2)OCCO3)nc1. The second-order valence-electron chi connectivity index (χ2n) is 6.22. The molecular weight excluding hydrogens is 378 g/mol. The number of rotatable bonds is 5. The maximum Gasteiger partial charge on any atom is 0.253 e. The zero-order chi connectivity index (χ0) is 19.3. The fourth-order valence-corrected chi connectivity index (χ4v) is 2.88. The predicted molar refractivity (Wildman–Crippen MR) is 108 cm³/mol. The molecule has 2 heterocycles. The quantitative estimate of drug-likeness (QED) is 0.678. The number of nitrogens with zero attached hydrogens (tertiary/aromatic N) is 1. The number of carbonyl (C=O) groups excluding carboxylic acids is 1. The van der Waals surface area contributed by atoms with Crippen LogP contribution in [0.4, 0.5) is 11.5 Å². The summed E-state index contributed by atoms with van der Waals surface area (Å²) in [5.41, 5.74) is 2.29. The minimum Gasteiger partial charge on any atom is -0.486 e. The average molecular weight is 396 g/mol. The number of nitrogens with one attached hydrogen (secondary N) is 2. The van der Waals surface area contributed by atoms with Crippen LogP contribution in [0.1, 0.15) is 15.9 Å². The first-order valence-corrected chi connectivity index (χ1v) is 9.20. The molecule has 142 valence electrons. The number of fused-ring (bicyclic) bond motifs is 1. The summed E-state index contributed by atoms with van der Waals surface area (Å²) in [7, 11) is 0. The number of carbonyl (C=O) groups is 1. The van der Waals surface area contributed by atoms with Crippen molar-refractivity contribution in [3.63, 3.8) is 0 Å². The lowest BCUT2D eigenvalue weighted by atomic mass is 10.2. The van der Waals surface area contributed by atoms with Crippen molar-refractivity contribution in [2.24, 2.45) is 0 Å². The molecule has 0 fully saturated rings. The summed E-state index contributed by atoms with van der Waals surface area (Å²) in [6, 6.07) is 16.4. The van der Waals surface area contributed by atoms with Gasteiger partial charge in [0.25, 0.3) is 5.91 Å². The summed E-state index contributed by atoms with van der Waals surface area (Å²) in [4.78, 5) is 16.6. The molecule has 7 heteroatoms. The number of pyridine rings is 1. The zero-order valence-electron chi connectivity index (χ0n) is 14.9. The highest BCUT2D eigenvalue weighted by Gasteiger charge is 2.12. The lowest BCUT2D eigenvalue weighted by Crippen LogP contribution is -2.22. The first-order chi connectivity index (χ1) is 13.7. The Balaban J connectivity index is 1.36. The lowest BCUT2D eigenvalue weighted by Gasteiger charge is -2.19. The van der Waals surface area contributed by atoms with E-state index in [1.165, 1.54) is 6.20 Å². The van der Waals surface area contributed by atoms with Crippen LogP contribution in [0.25, 0.3) is 0 Å². The third-order valence-electron chi connectivity index (χ3n) is 4.21. The molecule has 0 radical (unpaired) electrons. The summed E-state index contributed by atoms with van der Waals surface area (Å²) in [6.45, 7) is 1.52. The molecule has 1 aliphatic heterocycles. The van der Waals surface area contributed by atoms with Gasteiger partial charge in [-0.2, -0.15) is 0 Å². The molecular formula is C21H18ClN3O3. The van der Waals surface area contributed by atoms with E-state index in [0.29, 0.717) is 41.9 Å². The number of anilines is 2. The van der Waals surface area contributed by atoms with Crippen molar-refractivity contribution >= 4 is 29.0 Å². The molecule has 0 atom stereocenters. The van der Waals surface area contributed by atoms with Gasteiger partial charge in [0, 0.05) is 29.5 Å². The van der Waals surface area contributed by atoms with Crippen molar-refractivity contribution < 1.29 is 14.3 Å². The largest absolute Gasteiger partial charge is 0.486 e. The van der Waals surface area contributed by atoms with E-state index in [0.717, 1.165) is 17.0 Å². The van der Waals surface area contributed by atoms with Crippen LogP contribution in [-0.4, -0.2) is 24.1 Å². The molecule has 1 aromatic heterocycles. The van der Waals surface area contributed by atoms with Gasteiger partial charge in [0.05, 0.1) is 5.56 Å². The first kappa shape index (κ1) is 18.1. The Morgan fingerprint density at radius 3 is 2.54 bits per heavy atom. The van der Waals surface area contributed by atoms with Crippen LogP contribution in [0, 0.1) is 0 Å². The third-order valence-corrected chi connectivity index (χ3v) is 4.46. The average Bonchev–Trinajstić information content (AvgIpc) is 2.73. The molecule has 3 aromatic rings. The van der Waals surface area contributed by atoms with E-state index in [9.17, 15) is 4.79 Å². The van der Waals surface area contributed by atoms with Crippen molar-refractivity contribution in [1.29, 1.82) is 0 Å². The fraction of sp³-hybridized carbons (Fsp3) is 0.143. The highest BCUT2D eigenvalue weighted by molar-refractivity contribution is 6.30. The molecule has 0 bridgehead atoms. The molecule has 6 nitrogen and oxygen atoms in total. The minimum absolute atomic E-state index is 0.187. The van der Waals surface area contributed by atoms with Gasteiger partial charge in [0.2, 0.25) is 0 Å². The van der Waals surface area contributed by atoms with E-state index in [2.05, 4.69) is 15.6 Å². The summed E-state index contributed by atoms with van der Waals surface area (Å²) in [6.07, 6.45) is 1.54. The van der Waals surface area contributed by atoms with Crippen LogP contribution in [0.15, 0.2) is 60.8 Å². The van der Waals surface area contributed by atoms with Crippen LogP contribution in [0.5, 0.6) is 11.5 Å². The Morgan fingerprint density at radius 1 is 1.00 bits per heavy atom. The van der Waals surface area contributed by atoms with Gasteiger partial charge in [-0.1, -0.05) is 23.7 Å². The number of hydrogen-bond acceptors (Lipinski definition) is 5. The molecule has 2 aromatic carbocycles. The Morgan fingerprint density at radius 2 is 1.79 bits per heavy atom. The smallest absolute Gasteiger partial charge is 0.253 e. The van der Waals surface area contributed by atoms with E-state index in [1.54, 1.807) is 24.3 Å². The number of halogens is 1. The van der Waals surface area contributed by atoms with Gasteiger partial charge in [-0.3, -0.25) is 4.79 Å². The van der Waals surface area contributed by atoms with Crippen molar-refractivity contribution in [3.05, 3.63) is 76.9 Å². The van der Waals surface area contributed by atoms with E-state index < -0.39 is 0 Å². The fourth-order valence-electron chi connectivity index (χ4n) is 2.76. The van der Waals surface area contributed by atoms with Crippen molar-refractivity contribution in [2.45, 2.75) is 6.54 Å². The molecule has 0 saturated carbocycles. The van der Waals surface area contributed by atoms with Gasteiger partial charge in [0.15, 0.2) is 11.5 Å². The van der Waals surface area contributed by atoms with Gasteiger partial charge < -0.3 is 20.1 Å². The molecule has 0 aliphatic carbocycles. The van der Waals surface area contributed by atoms with E-state index in [4.69, 9.17) is 21.1 Å². The maximum absolute atomic E-state index is 12.3. The standard InChI is InChI=1S/C21H18ClN3O3/c22-16-4-1-14(2-5-16)12-24-21(26)15-3-8-20(23-13-15)25-17-6-7-18-19(11-17)28-10-9-27-18/h1-8,11,13H,9-10,12H2,(H,23,25)(H,24,26). The van der Waals surface area contributed by atoms with Crippen LogP contribution in [0.3, 0.4) is 0 Å². The number of ether oxygens (including phenoxy) is 2. The van der Waals surface area contributed by atoms with Crippen LogP contribution in [-0.2, 0) is 6.54 Å². The van der Waals surface area contributed by atoms with Crippen molar-refractivity contribution in [3.8, 4) is 11.5 Å². The number of aromatic nitrogens is 1. The molecule has 0 spiro atoms. The minimum atomic E-state index is -0.187. The summed E-state index contributed by atoms with van der Waals surface area (Å²) >= 11 is 5.86. The van der Waals surface area contributed by atoms with Crippen molar-refractivity contribution in [1.82, 2.24) is 10.3 Å². The van der Waals surface area contributed by atoms with Gasteiger partial charge in [-0.05, 0) is 42.0 Å². The van der Waals surface area contributed by atoms with E-state index in [-0.39, 0.29) is 5.91 Å².